The molecule has 4 rings (SSSR count). The van der Waals surface area contributed by atoms with Gasteiger partial charge in [0.25, 0.3) is 0 Å². The van der Waals surface area contributed by atoms with E-state index in [-0.39, 0.29) is 29.6 Å². The molecule has 1 saturated heterocycles. The largest absolute Gasteiger partial charge is 0.468 e. The van der Waals surface area contributed by atoms with E-state index in [1.165, 1.54) is 7.11 Å². The standard InChI is InChI=1S/C23H23NO3/c1-27-23(26)21(12-16-8-4-2-5-9-16)24-14-18-13-19(22(25)20(18)15-24)17-10-6-3-7-11-17/h2-11,13,18,20-21H,12,14-15H2,1H3. The summed E-state index contributed by atoms with van der Waals surface area (Å²) in [6, 6.07) is 19.4. The second-order valence-electron chi connectivity index (χ2n) is 7.26. The highest BCUT2D eigenvalue weighted by Gasteiger charge is 2.45. The number of ketones is 1. The number of hydrogen-bond acceptors (Lipinski definition) is 4. The number of carbonyl (C=O) groups is 2. The smallest absolute Gasteiger partial charge is 0.323 e. The molecule has 4 nitrogen and oxygen atoms in total. The van der Waals surface area contributed by atoms with E-state index < -0.39 is 0 Å². The molecule has 27 heavy (non-hydrogen) atoms. The van der Waals surface area contributed by atoms with Crippen molar-refractivity contribution in [3.63, 3.8) is 0 Å². The van der Waals surface area contributed by atoms with Crippen LogP contribution in [0, 0.1) is 11.8 Å². The van der Waals surface area contributed by atoms with Crippen molar-refractivity contribution in [3.05, 3.63) is 77.9 Å². The van der Waals surface area contributed by atoms with Crippen LogP contribution in [-0.2, 0) is 20.7 Å². The van der Waals surface area contributed by atoms with Crippen LogP contribution in [0.5, 0.6) is 0 Å². The maximum Gasteiger partial charge on any atom is 0.323 e. The Hall–Kier alpha value is -2.72. The fraction of sp³-hybridized carbons (Fsp3) is 0.304. The number of esters is 1. The molecule has 0 N–H and O–H groups in total. The summed E-state index contributed by atoms with van der Waals surface area (Å²) in [7, 11) is 1.43. The van der Waals surface area contributed by atoms with E-state index in [1.54, 1.807) is 0 Å². The van der Waals surface area contributed by atoms with Crippen molar-refractivity contribution in [3.8, 4) is 0 Å². The summed E-state index contributed by atoms with van der Waals surface area (Å²) in [5, 5.41) is 0. The van der Waals surface area contributed by atoms with Gasteiger partial charge < -0.3 is 4.74 Å². The lowest BCUT2D eigenvalue weighted by Gasteiger charge is -2.26. The lowest BCUT2D eigenvalue weighted by molar-refractivity contribution is -0.146. The van der Waals surface area contributed by atoms with E-state index in [1.807, 2.05) is 60.7 Å². The van der Waals surface area contributed by atoms with E-state index in [0.717, 1.165) is 16.7 Å². The molecule has 3 atom stereocenters. The molecule has 2 aliphatic rings. The van der Waals surface area contributed by atoms with Gasteiger partial charge in [-0.3, -0.25) is 14.5 Å². The molecule has 0 bridgehead atoms. The number of methoxy groups -OCH3 is 1. The third kappa shape index (κ3) is 3.45. The Balaban J connectivity index is 1.53. The zero-order valence-corrected chi connectivity index (χ0v) is 15.4. The van der Waals surface area contributed by atoms with Gasteiger partial charge in [0.15, 0.2) is 5.78 Å². The molecule has 1 aliphatic heterocycles. The highest BCUT2D eigenvalue weighted by molar-refractivity contribution is 6.24. The van der Waals surface area contributed by atoms with Gasteiger partial charge in [-0.05, 0) is 17.5 Å². The molecule has 4 heteroatoms. The maximum absolute atomic E-state index is 12.9. The van der Waals surface area contributed by atoms with Crippen LogP contribution in [0.25, 0.3) is 5.57 Å². The minimum atomic E-state index is -0.357. The lowest BCUT2D eigenvalue weighted by Crippen LogP contribution is -2.42. The summed E-state index contributed by atoms with van der Waals surface area (Å²) >= 11 is 0. The Morgan fingerprint density at radius 3 is 2.37 bits per heavy atom. The highest BCUT2D eigenvalue weighted by Crippen LogP contribution is 2.39. The number of allylic oxidation sites excluding steroid dienone is 1. The summed E-state index contributed by atoms with van der Waals surface area (Å²) < 4.78 is 5.06. The number of benzene rings is 2. The Kier molecular flexibility index (Phi) is 4.90. The molecule has 1 aliphatic carbocycles. The summed E-state index contributed by atoms with van der Waals surface area (Å²) in [5.74, 6) is 0.0503. The SMILES string of the molecule is COC(=O)C(Cc1ccccc1)N1CC2C=C(c3ccccc3)C(=O)C2C1. The van der Waals surface area contributed by atoms with Gasteiger partial charge in [0.1, 0.15) is 6.04 Å². The first-order valence-corrected chi connectivity index (χ1v) is 9.34. The topological polar surface area (TPSA) is 46.6 Å². The van der Waals surface area contributed by atoms with Gasteiger partial charge in [0.2, 0.25) is 0 Å². The number of fused-ring (bicyclic) bond motifs is 1. The van der Waals surface area contributed by atoms with Crippen molar-refractivity contribution in [1.29, 1.82) is 0 Å². The van der Waals surface area contributed by atoms with Crippen LogP contribution in [0.15, 0.2) is 66.7 Å². The summed E-state index contributed by atoms with van der Waals surface area (Å²) in [6.07, 6.45) is 2.69. The second kappa shape index (κ2) is 7.49. The van der Waals surface area contributed by atoms with Gasteiger partial charge in [-0.25, -0.2) is 0 Å². The van der Waals surface area contributed by atoms with Crippen LogP contribution in [0.4, 0.5) is 0 Å². The van der Waals surface area contributed by atoms with Gasteiger partial charge in [0, 0.05) is 30.5 Å². The average molecular weight is 361 g/mol. The Morgan fingerprint density at radius 1 is 1.07 bits per heavy atom. The van der Waals surface area contributed by atoms with E-state index >= 15 is 0 Å². The van der Waals surface area contributed by atoms with E-state index in [4.69, 9.17) is 4.74 Å². The predicted molar refractivity (Wildman–Crippen MR) is 104 cm³/mol. The number of rotatable bonds is 5. The molecular formula is C23H23NO3. The molecule has 2 aromatic carbocycles. The predicted octanol–water partition coefficient (Wildman–Crippen LogP) is 2.99. The van der Waals surface area contributed by atoms with Gasteiger partial charge in [-0.2, -0.15) is 0 Å². The zero-order valence-electron chi connectivity index (χ0n) is 15.4. The fourth-order valence-corrected chi connectivity index (χ4v) is 4.25. The quantitative estimate of drug-likeness (QED) is 0.768. The first kappa shape index (κ1) is 17.7. The maximum atomic E-state index is 12.9. The molecule has 0 radical (unpaired) electrons. The second-order valence-corrected chi connectivity index (χ2v) is 7.26. The first-order valence-electron chi connectivity index (χ1n) is 9.34. The molecule has 1 fully saturated rings. The zero-order chi connectivity index (χ0) is 18.8. The van der Waals surface area contributed by atoms with E-state index in [9.17, 15) is 9.59 Å². The van der Waals surface area contributed by atoms with Crippen molar-refractivity contribution in [2.75, 3.05) is 20.2 Å². The van der Waals surface area contributed by atoms with Crippen LogP contribution in [0.1, 0.15) is 11.1 Å². The summed E-state index contributed by atoms with van der Waals surface area (Å²) in [4.78, 5) is 27.5. The van der Waals surface area contributed by atoms with E-state index in [0.29, 0.717) is 19.5 Å². The molecule has 3 unspecified atom stereocenters. The van der Waals surface area contributed by atoms with Crippen molar-refractivity contribution in [1.82, 2.24) is 4.90 Å². The summed E-state index contributed by atoms with van der Waals surface area (Å²) in [5.41, 5.74) is 2.90. The van der Waals surface area contributed by atoms with Gasteiger partial charge in [0.05, 0.1) is 7.11 Å². The third-order valence-electron chi connectivity index (χ3n) is 5.65. The molecular weight excluding hydrogens is 338 g/mol. The van der Waals surface area contributed by atoms with E-state index in [2.05, 4.69) is 11.0 Å². The molecule has 0 spiro atoms. The molecule has 0 aromatic heterocycles. The van der Waals surface area contributed by atoms with Gasteiger partial charge >= 0.3 is 5.97 Å². The average Bonchev–Trinajstić information content (AvgIpc) is 3.26. The molecule has 1 heterocycles. The third-order valence-corrected chi connectivity index (χ3v) is 5.65. The molecule has 2 aromatic rings. The van der Waals surface area contributed by atoms with Crippen molar-refractivity contribution in [2.45, 2.75) is 12.5 Å². The molecule has 138 valence electrons. The van der Waals surface area contributed by atoms with Crippen LogP contribution in [-0.4, -0.2) is 42.9 Å². The minimum Gasteiger partial charge on any atom is -0.468 e. The number of carbonyl (C=O) groups excluding carboxylic acids is 2. The van der Waals surface area contributed by atoms with Gasteiger partial charge in [-0.15, -0.1) is 0 Å². The molecule has 0 amide bonds. The van der Waals surface area contributed by atoms with Crippen molar-refractivity contribution < 1.29 is 14.3 Å². The Labute approximate surface area is 159 Å². The normalized spacial score (nSPS) is 23.0. The minimum absolute atomic E-state index is 0.0665. The van der Waals surface area contributed by atoms with Gasteiger partial charge in [-0.1, -0.05) is 66.7 Å². The number of likely N-dealkylation sites (tertiary alicyclic amines) is 1. The number of hydrogen-bond donors (Lipinski definition) is 0. The first-order chi connectivity index (χ1) is 13.2. The van der Waals surface area contributed by atoms with Crippen LogP contribution >= 0.6 is 0 Å². The van der Waals surface area contributed by atoms with Crippen LogP contribution < -0.4 is 0 Å². The Morgan fingerprint density at radius 2 is 1.74 bits per heavy atom. The number of nitrogens with zero attached hydrogens (tertiary/aromatic N) is 1. The highest BCUT2D eigenvalue weighted by atomic mass is 16.5. The van der Waals surface area contributed by atoms with Crippen molar-refractivity contribution >= 4 is 17.3 Å². The number of ether oxygens (including phenoxy) is 1. The monoisotopic (exact) mass is 361 g/mol. The van der Waals surface area contributed by atoms with Crippen LogP contribution in [0.3, 0.4) is 0 Å². The number of Topliss-reactive ketones (excluding diaryl/α,β-unsaturated/α-hetero) is 1. The van der Waals surface area contributed by atoms with Crippen molar-refractivity contribution in [2.24, 2.45) is 11.8 Å². The summed E-state index contributed by atoms with van der Waals surface area (Å²) in [6.45, 7) is 1.31. The lowest BCUT2D eigenvalue weighted by atomic mass is 9.97. The Bertz CT molecular complexity index is 860. The van der Waals surface area contributed by atoms with Crippen LogP contribution in [0.2, 0.25) is 0 Å². The fourth-order valence-electron chi connectivity index (χ4n) is 4.25. The molecule has 0 saturated carbocycles.